The summed E-state index contributed by atoms with van der Waals surface area (Å²) in [5.74, 6) is -0.164. The Labute approximate surface area is 174 Å². The zero-order valence-electron chi connectivity index (χ0n) is 17.7. The summed E-state index contributed by atoms with van der Waals surface area (Å²) in [5, 5.41) is 7.75. The number of nitrogens with two attached hydrogens (primary N) is 2. The van der Waals surface area contributed by atoms with Gasteiger partial charge in [0.15, 0.2) is 0 Å². The molecule has 0 fully saturated rings. The van der Waals surface area contributed by atoms with E-state index in [-0.39, 0.29) is 12.5 Å². The minimum Gasteiger partial charge on any atom is -0.395 e. The maximum absolute atomic E-state index is 10.5. The zero-order valence-corrected chi connectivity index (χ0v) is 18.5. The highest BCUT2D eigenvalue weighted by molar-refractivity contribution is 7.73. The number of rotatable bonds is 16. The van der Waals surface area contributed by atoms with Crippen molar-refractivity contribution in [3.05, 3.63) is 12.2 Å². The van der Waals surface area contributed by atoms with Gasteiger partial charge < -0.3 is 16.6 Å². The van der Waals surface area contributed by atoms with Crippen molar-refractivity contribution < 1.29 is 23.2 Å². The molecule has 0 spiro atoms. The van der Waals surface area contributed by atoms with E-state index in [2.05, 4.69) is 19.1 Å². The molecule has 0 atom stereocenters. The van der Waals surface area contributed by atoms with Gasteiger partial charge in [-0.25, -0.2) is 0 Å². The van der Waals surface area contributed by atoms with Crippen LogP contribution in [0.15, 0.2) is 12.2 Å². The van der Waals surface area contributed by atoms with Crippen LogP contribution in [0.25, 0.3) is 0 Å². The van der Waals surface area contributed by atoms with E-state index in [1.807, 2.05) is 0 Å². The minimum absolute atomic E-state index is 0.0972. The fourth-order valence-corrected chi connectivity index (χ4v) is 2.37. The van der Waals surface area contributed by atoms with Crippen LogP contribution < -0.4 is 11.5 Å². The molecule has 0 radical (unpaired) electrons. The monoisotopic (exact) mass is 424 g/mol. The van der Waals surface area contributed by atoms with Crippen molar-refractivity contribution in [2.45, 2.75) is 96.8 Å². The van der Waals surface area contributed by atoms with Crippen molar-refractivity contribution >= 4 is 17.3 Å². The van der Waals surface area contributed by atoms with Gasteiger partial charge in [0, 0.05) is 13.0 Å². The van der Waals surface area contributed by atoms with Gasteiger partial charge in [0.2, 0.25) is 5.91 Å². The van der Waals surface area contributed by atoms with Gasteiger partial charge in [-0.1, -0.05) is 70.4 Å². The van der Waals surface area contributed by atoms with Gasteiger partial charge >= 0.3 is 0 Å². The van der Waals surface area contributed by atoms with Crippen molar-refractivity contribution in [1.82, 2.24) is 0 Å². The molecule has 28 heavy (non-hydrogen) atoms. The molecule has 0 rings (SSSR count). The van der Waals surface area contributed by atoms with Gasteiger partial charge in [-0.15, -0.1) is 0 Å². The molecule has 0 aromatic rings. The van der Waals surface area contributed by atoms with Gasteiger partial charge in [-0.3, -0.25) is 13.9 Å². The molecule has 0 aliphatic heterocycles. The molecule has 8 heteroatoms. The first-order chi connectivity index (χ1) is 13.4. The zero-order chi connectivity index (χ0) is 21.9. The van der Waals surface area contributed by atoms with E-state index < -0.39 is 11.4 Å². The number of aliphatic hydroxyl groups is 1. The molecule has 0 aromatic carbocycles. The number of carbonyl (C=O) groups is 1. The Morgan fingerprint density at radius 2 is 1.21 bits per heavy atom. The number of hydrogen-bond donors (Lipinski definition) is 5. The lowest BCUT2D eigenvalue weighted by Crippen LogP contribution is -2.09. The molecule has 7 N–H and O–H groups in total. The second-order valence-electron chi connectivity index (χ2n) is 6.54. The van der Waals surface area contributed by atoms with Gasteiger partial charge in [0.25, 0.3) is 11.4 Å². The number of carbonyl (C=O) groups excluding carboxylic acids is 1. The fourth-order valence-electron chi connectivity index (χ4n) is 2.37. The lowest BCUT2D eigenvalue weighted by Gasteiger charge is -1.99. The van der Waals surface area contributed by atoms with Crippen molar-refractivity contribution in [3.63, 3.8) is 0 Å². The van der Waals surface area contributed by atoms with Gasteiger partial charge in [0.1, 0.15) is 0 Å². The van der Waals surface area contributed by atoms with E-state index >= 15 is 0 Å². The number of allylic oxidation sites excluding steroid dienone is 2. The first-order valence-corrected chi connectivity index (χ1v) is 11.5. The summed E-state index contributed by atoms with van der Waals surface area (Å²) in [6.45, 7) is 2.74. The van der Waals surface area contributed by atoms with E-state index in [0.717, 1.165) is 12.8 Å². The van der Waals surface area contributed by atoms with Gasteiger partial charge in [-0.2, -0.15) is 4.21 Å². The summed E-state index contributed by atoms with van der Waals surface area (Å²) in [7, 11) is 0. The average molecular weight is 425 g/mol. The third-order valence-electron chi connectivity index (χ3n) is 3.81. The number of amides is 1. The summed E-state index contributed by atoms with van der Waals surface area (Å²) in [4.78, 5) is 10.5. The predicted molar refractivity (Wildman–Crippen MR) is 118 cm³/mol. The van der Waals surface area contributed by atoms with Crippen LogP contribution >= 0.6 is 0 Å². The summed E-state index contributed by atoms with van der Waals surface area (Å²) in [6, 6.07) is 0. The maximum atomic E-state index is 10.5. The Morgan fingerprint density at radius 3 is 1.57 bits per heavy atom. The number of aliphatic hydroxyl groups excluding tert-OH is 1. The summed E-state index contributed by atoms with van der Waals surface area (Å²) in [5.41, 5.74) is 9.88. The van der Waals surface area contributed by atoms with Crippen LogP contribution in [0.1, 0.15) is 96.8 Å². The lowest BCUT2D eigenvalue weighted by molar-refractivity contribution is -0.118. The third-order valence-corrected chi connectivity index (χ3v) is 3.81. The Morgan fingerprint density at radius 1 is 0.857 bits per heavy atom. The van der Waals surface area contributed by atoms with E-state index in [1.54, 1.807) is 0 Å². The molecular formula is C20H44N2O5S. The van der Waals surface area contributed by atoms with E-state index in [1.165, 1.54) is 70.6 Å². The third kappa shape index (κ3) is 49.9. The molecular weight excluding hydrogens is 380 g/mol. The topological polar surface area (TPSA) is 147 Å². The van der Waals surface area contributed by atoms with Crippen LogP contribution in [0.5, 0.6) is 0 Å². The molecule has 0 aliphatic carbocycles. The molecule has 0 aromatic heterocycles. The molecule has 0 bridgehead atoms. The van der Waals surface area contributed by atoms with E-state index in [9.17, 15) is 4.79 Å². The first kappa shape index (κ1) is 31.9. The largest absolute Gasteiger partial charge is 0.395 e. The number of hydrogen-bond acceptors (Lipinski definition) is 4. The predicted octanol–water partition coefficient (Wildman–Crippen LogP) is 4.13. The molecule has 0 aliphatic rings. The minimum atomic E-state index is -2.61. The molecule has 1 amide bonds. The normalized spacial score (nSPS) is 10.4. The van der Waals surface area contributed by atoms with E-state index in [0.29, 0.717) is 13.0 Å². The summed E-state index contributed by atoms with van der Waals surface area (Å²) < 4.78 is 22.8. The van der Waals surface area contributed by atoms with Gasteiger partial charge in [-0.05, 0) is 32.1 Å². The number of unbranched alkanes of at least 4 members (excludes halogenated alkanes) is 11. The second kappa shape index (κ2) is 30.9. The second-order valence-corrected chi connectivity index (χ2v) is 7.01. The van der Waals surface area contributed by atoms with Crippen LogP contribution in [-0.4, -0.2) is 37.5 Å². The van der Waals surface area contributed by atoms with Crippen molar-refractivity contribution in [3.8, 4) is 0 Å². The van der Waals surface area contributed by atoms with Crippen LogP contribution in [0, 0.1) is 0 Å². The standard InChI is InChI=1S/C18H35NO.C2H7NO.H2O3S/c1-2-3-4-5-6-7-8-9-10-11-12-13-14-15-16-17-18(19)20;3-1-2-4;1-4(2)3/h9-10H,2-8,11-17H2,1H3,(H2,19,20);4H,1-3H2;(H2,1,2,3)/b10-9-;;. The van der Waals surface area contributed by atoms with Crippen LogP contribution in [0.2, 0.25) is 0 Å². The maximum Gasteiger partial charge on any atom is 0.299 e. The van der Waals surface area contributed by atoms with Crippen molar-refractivity contribution in [2.75, 3.05) is 13.2 Å². The van der Waals surface area contributed by atoms with Crippen LogP contribution in [-0.2, 0) is 16.2 Å². The quantitative estimate of drug-likeness (QED) is 0.143. The summed E-state index contributed by atoms with van der Waals surface area (Å²) >= 11 is -2.61. The number of primary amides is 1. The highest BCUT2D eigenvalue weighted by Gasteiger charge is 1.94. The molecule has 7 nitrogen and oxygen atoms in total. The smallest absolute Gasteiger partial charge is 0.299 e. The van der Waals surface area contributed by atoms with Crippen molar-refractivity contribution in [2.24, 2.45) is 11.5 Å². The highest BCUT2D eigenvalue weighted by Crippen LogP contribution is 2.09. The first-order valence-electron chi connectivity index (χ1n) is 10.5. The molecule has 0 saturated carbocycles. The average Bonchev–Trinajstić information content (AvgIpc) is 2.64. The van der Waals surface area contributed by atoms with Crippen molar-refractivity contribution in [1.29, 1.82) is 0 Å². The molecule has 170 valence electrons. The lowest BCUT2D eigenvalue weighted by atomic mass is 10.1. The van der Waals surface area contributed by atoms with Gasteiger partial charge in [0.05, 0.1) is 6.61 Å². The molecule has 0 unspecified atom stereocenters. The SMILES string of the molecule is CCCCCCCC/C=C\CCCCCCCC(N)=O.NCCO.O=S(O)O. The molecule has 0 saturated heterocycles. The Bertz CT molecular complexity index is 349. The Balaban J connectivity index is -0.000000656. The molecule has 0 heterocycles. The van der Waals surface area contributed by atoms with E-state index in [4.69, 9.17) is 29.9 Å². The van der Waals surface area contributed by atoms with Crippen LogP contribution in [0.4, 0.5) is 0 Å². The fraction of sp³-hybridized carbons (Fsp3) is 0.850. The summed E-state index contributed by atoms with van der Waals surface area (Å²) in [6.07, 6.45) is 21.9. The Hall–Kier alpha value is -0.800. The highest BCUT2D eigenvalue weighted by atomic mass is 32.2. The Kier molecular flexibility index (Phi) is 35.2. The van der Waals surface area contributed by atoms with Crippen LogP contribution in [0.3, 0.4) is 0 Å².